The van der Waals surface area contributed by atoms with Crippen LogP contribution < -0.4 is 10.5 Å². The number of aryl methyl sites for hydroxylation is 2. The lowest BCUT2D eigenvalue weighted by molar-refractivity contribution is 0.253. The molecule has 0 heterocycles. The van der Waals surface area contributed by atoms with Gasteiger partial charge in [-0.1, -0.05) is 32.4 Å². The first-order chi connectivity index (χ1) is 8.08. The Balaban J connectivity index is 2.78. The molecule has 0 radical (unpaired) electrons. The van der Waals surface area contributed by atoms with E-state index in [1.165, 1.54) is 16.7 Å². The topological polar surface area (TPSA) is 35.2 Å². The summed E-state index contributed by atoms with van der Waals surface area (Å²) in [6.07, 6.45) is 2.09. The Morgan fingerprint density at radius 3 is 2.29 bits per heavy atom. The first-order valence-electron chi connectivity index (χ1n) is 6.51. The van der Waals surface area contributed by atoms with E-state index in [0.29, 0.717) is 12.5 Å². The molecule has 96 valence electrons. The Bertz CT molecular complexity index is 337. The molecule has 0 amide bonds. The molecular weight excluding hydrogens is 210 g/mol. The summed E-state index contributed by atoms with van der Waals surface area (Å²) in [6, 6.07) is 4.37. The van der Waals surface area contributed by atoms with Crippen LogP contribution in [0, 0.1) is 19.8 Å². The lowest BCUT2D eigenvalue weighted by Crippen LogP contribution is -2.09. The second-order valence-corrected chi connectivity index (χ2v) is 4.92. The standard InChI is InChI=1S/C15H25NO/c1-5-11(2)10-17-15-12(3)8-14(6-7-16)9-13(15)4/h8-9,11H,5-7,10,16H2,1-4H3. The molecule has 1 atom stereocenters. The molecule has 0 bridgehead atoms. The van der Waals surface area contributed by atoms with Crippen LogP contribution in [-0.2, 0) is 6.42 Å². The van der Waals surface area contributed by atoms with Crippen molar-refractivity contribution in [2.24, 2.45) is 11.7 Å². The molecule has 2 heteroatoms. The molecule has 0 aliphatic rings. The van der Waals surface area contributed by atoms with Crippen molar-refractivity contribution in [2.75, 3.05) is 13.2 Å². The van der Waals surface area contributed by atoms with Gasteiger partial charge >= 0.3 is 0 Å². The van der Waals surface area contributed by atoms with E-state index >= 15 is 0 Å². The van der Waals surface area contributed by atoms with Crippen molar-refractivity contribution < 1.29 is 4.74 Å². The summed E-state index contributed by atoms with van der Waals surface area (Å²) in [5.41, 5.74) is 9.33. The number of benzene rings is 1. The predicted molar refractivity (Wildman–Crippen MR) is 73.6 cm³/mol. The molecule has 0 saturated carbocycles. The fourth-order valence-electron chi connectivity index (χ4n) is 1.92. The van der Waals surface area contributed by atoms with Crippen LogP contribution in [0.4, 0.5) is 0 Å². The van der Waals surface area contributed by atoms with Crippen molar-refractivity contribution in [3.8, 4) is 5.75 Å². The lowest BCUT2D eigenvalue weighted by atomic mass is 10.0. The van der Waals surface area contributed by atoms with E-state index in [4.69, 9.17) is 10.5 Å². The minimum atomic E-state index is 0.609. The molecule has 0 fully saturated rings. The third kappa shape index (κ3) is 4.04. The van der Waals surface area contributed by atoms with Gasteiger partial charge in [-0.2, -0.15) is 0 Å². The molecule has 2 N–H and O–H groups in total. The quantitative estimate of drug-likeness (QED) is 0.821. The third-order valence-corrected chi connectivity index (χ3v) is 3.16. The second kappa shape index (κ2) is 6.65. The van der Waals surface area contributed by atoms with Crippen molar-refractivity contribution in [1.82, 2.24) is 0 Å². The fourth-order valence-corrected chi connectivity index (χ4v) is 1.92. The molecule has 2 nitrogen and oxygen atoms in total. The normalized spacial score (nSPS) is 12.5. The van der Waals surface area contributed by atoms with Gasteiger partial charge in [0, 0.05) is 0 Å². The maximum absolute atomic E-state index is 5.92. The minimum absolute atomic E-state index is 0.609. The number of rotatable bonds is 6. The number of ether oxygens (including phenoxy) is 1. The first-order valence-corrected chi connectivity index (χ1v) is 6.51. The highest BCUT2D eigenvalue weighted by molar-refractivity contribution is 5.43. The minimum Gasteiger partial charge on any atom is -0.493 e. The van der Waals surface area contributed by atoms with Gasteiger partial charge < -0.3 is 10.5 Å². The summed E-state index contributed by atoms with van der Waals surface area (Å²) in [7, 11) is 0. The fraction of sp³-hybridized carbons (Fsp3) is 0.600. The van der Waals surface area contributed by atoms with E-state index < -0.39 is 0 Å². The summed E-state index contributed by atoms with van der Waals surface area (Å²) >= 11 is 0. The summed E-state index contributed by atoms with van der Waals surface area (Å²) < 4.78 is 5.92. The Labute approximate surface area is 105 Å². The van der Waals surface area contributed by atoms with Crippen LogP contribution in [0.5, 0.6) is 5.75 Å². The largest absolute Gasteiger partial charge is 0.493 e. The average molecular weight is 235 g/mol. The summed E-state index contributed by atoms with van der Waals surface area (Å²) in [5.74, 6) is 1.66. The van der Waals surface area contributed by atoms with Crippen molar-refractivity contribution >= 4 is 0 Å². The molecule has 1 rings (SSSR count). The van der Waals surface area contributed by atoms with E-state index in [9.17, 15) is 0 Å². The van der Waals surface area contributed by atoms with Gasteiger partial charge in [-0.15, -0.1) is 0 Å². The van der Waals surface area contributed by atoms with Crippen LogP contribution in [0.2, 0.25) is 0 Å². The molecule has 1 aromatic rings. The molecule has 0 aliphatic heterocycles. The van der Waals surface area contributed by atoms with Crippen LogP contribution in [0.3, 0.4) is 0 Å². The summed E-state index contributed by atoms with van der Waals surface area (Å²) in [6.45, 7) is 10.1. The van der Waals surface area contributed by atoms with Crippen LogP contribution >= 0.6 is 0 Å². The zero-order valence-corrected chi connectivity index (χ0v) is 11.5. The van der Waals surface area contributed by atoms with Gasteiger partial charge in [0.05, 0.1) is 6.61 Å². The smallest absolute Gasteiger partial charge is 0.125 e. The molecule has 0 aromatic heterocycles. The maximum atomic E-state index is 5.92. The zero-order valence-electron chi connectivity index (χ0n) is 11.5. The van der Waals surface area contributed by atoms with Crippen LogP contribution in [0.15, 0.2) is 12.1 Å². The summed E-state index contributed by atoms with van der Waals surface area (Å²) in [5, 5.41) is 0. The van der Waals surface area contributed by atoms with Gasteiger partial charge in [0.25, 0.3) is 0 Å². The zero-order chi connectivity index (χ0) is 12.8. The Hall–Kier alpha value is -1.02. The molecule has 0 spiro atoms. The first kappa shape index (κ1) is 14.0. The van der Waals surface area contributed by atoms with Gasteiger partial charge in [-0.25, -0.2) is 0 Å². The SMILES string of the molecule is CCC(C)COc1c(C)cc(CCN)cc1C. The third-order valence-electron chi connectivity index (χ3n) is 3.16. The van der Waals surface area contributed by atoms with E-state index in [-0.39, 0.29) is 0 Å². The van der Waals surface area contributed by atoms with Crippen molar-refractivity contribution in [3.63, 3.8) is 0 Å². The average Bonchev–Trinajstić information content (AvgIpc) is 2.28. The Kier molecular flexibility index (Phi) is 5.49. The van der Waals surface area contributed by atoms with E-state index in [1.807, 2.05) is 0 Å². The van der Waals surface area contributed by atoms with Crippen molar-refractivity contribution in [1.29, 1.82) is 0 Å². The molecule has 0 aliphatic carbocycles. The van der Waals surface area contributed by atoms with Crippen LogP contribution in [-0.4, -0.2) is 13.2 Å². The summed E-state index contributed by atoms with van der Waals surface area (Å²) in [4.78, 5) is 0. The maximum Gasteiger partial charge on any atom is 0.125 e. The van der Waals surface area contributed by atoms with E-state index in [0.717, 1.165) is 25.2 Å². The van der Waals surface area contributed by atoms with Crippen LogP contribution in [0.25, 0.3) is 0 Å². The van der Waals surface area contributed by atoms with Gasteiger partial charge in [-0.3, -0.25) is 0 Å². The predicted octanol–water partition coefficient (Wildman–Crippen LogP) is 3.23. The molecule has 0 saturated heterocycles. The molecule has 17 heavy (non-hydrogen) atoms. The lowest BCUT2D eigenvalue weighted by Gasteiger charge is -2.16. The van der Waals surface area contributed by atoms with Crippen molar-refractivity contribution in [3.05, 3.63) is 28.8 Å². The van der Waals surface area contributed by atoms with Gasteiger partial charge in [0.1, 0.15) is 5.75 Å². The van der Waals surface area contributed by atoms with Gasteiger partial charge in [-0.05, 0) is 49.4 Å². The van der Waals surface area contributed by atoms with E-state index in [2.05, 4.69) is 39.8 Å². The second-order valence-electron chi connectivity index (χ2n) is 4.92. The number of hydrogen-bond acceptors (Lipinski definition) is 2. The van der Waals surface area contributed by atoms with Gasteiger partial charge in [0.2, 0.25) is 0 Å². The highest BCUT2D eigenvalue weighted by atomic mass is 16.5. The monoisotopic (exact) mass is 235 g/mol. The molecule has 1 aromatic carbocycles. The highest BCUT2D eigenvalue weighted by Crippen LogP contribution is 2.25. The highest BCUT2D eigenvalue weighted by Gasteiger charge is 2.08. The van der Waals surface area contributed by atoms with E-state index in [1.54, 1.807) is 0 Å². The molecular formula is C15H25NO. The Morgan fingerprint density at radius 1 is 1.24 bits per heavy atom. The Morgan fingerprint density at radius 2 is 1.82 bits per heavy atom. The number of nitrogens with two attached hydrogens (primary N) is 1. The van der Waals surface area contributed by atoms with Crippen molar-refractivity contribution in [2.45, 2.75) is 40.5 Å². The van der Waals surface area contributed by atoms with Crippen LogP contribution in [0.1, 0.15) is 37.0 Å². The molecule has 1 unspecified atom stereocenters. The number of hydrogen-bond donors (Lipinski definition) is 1. The van der Waals surface area contributed by atoms with Gasteiger partial charge in [0.15, 0.2) is 0 Å².